The average Bonchev–Trinajstić information content (AvgIpc) is 2.43. The molecule has 2 rings (SSSR count). The largest absolute Gasteiger partial charge is 0.493 e. The van der Waals surface area contributed by atoms with Crippen LogP contribution < -0.4 is 14.8 Å². The average molecular weight is 293 g/mol. The Morgan fingerprint density at radius 2 is 1.71 bits per heavy atom. The molecule has 1 amide bonds. The second-order valence-electron chi connectivity index (χ2n) is 4.86. The maximum absolute atomic E-state index is 12.1. The van der Waals surface area contributed by atoms with E-state index in [4.69, 9.17) is 14.2 Å². The predicted octanol–water partition coefficient (Wildman–Crippen LogP) is 2.23. The molecule has 1 aromatic rings. The number of benzene rings is 1. The van der Waals surface area contributed by atoms with Gasteiger partial charge in [-0.1, -0.05) is 6.42 Å². The summed E-state index contributed by atoms with van der Waals surface area (Å²) in [6.07, 6.45) is 2.83. The van der Waals surface area contributed by atoms with Crippen LogP contribution in [0.2, 0.25) is 0 Å². The highest BCUT2D eigenvalue weighted by molar-refractivity contribution is 6.02. The second kappa shape index (κ2) is 6.47. The molecule has 0 heterocycles. The summed E-state index contributed by atoms with van der Waals surface area (Å²) in [5.74, 6) is 0.232. The maximum atomic E-state index is 12.1. The highest BCUT2D eigenvalue weighted by atomic mass is 16.5. The predicted molar refractivity (Wildman–Crippen MR) is 76.9 cm³/mol. The molecule has 6 heteroatoms. The summed E-state index contributed by atoms with van der Waals surface area (Å²) < 4.78 is 15.1. The highest BCUT2D eigenvalue weighted by Gasteiger charge is 2.27. The zero-order valence-electron chi connectivity index (χ0n) is 12.4. The third-order valence-corrected chi connectivity index (χ3v) is 3.66. The molecular formula is C15H19NO5. The Kier molecular flexibility index (Phi) is 4.67. The van der Waals surface area contributed by atoms with Gasteiger partial charge in [-0.2, -0.15) is 0 Å². The number of ether oxygens (including phenoxy) is 3. The lowest BCUT2D eigenvalue weighted by Crippen LogP contribution is -2.28. The van der Waals surface area contributed by atoms with Crippen LogP contribution in [0.5, 0.6) is 11.5 Å². The topological polar surface area (TPSA) is 73.9 Å². The van der Waals surface area contributed by atoms with Crippen LogP contribution in [-0.4, -0.2) is 33.2 Å². The van der Waals surface area contributed by atoms with Crippen molar-refractivity contribution in [2.45, 2.75) is 19.3 Å². The van der Waals surface area contributed by atoms with Crippen LogP contribution in [0.15, 0.2) is 12.1 Å². The van der Waals surface area contributed by atoms with Crippen molar-refractivity contribution in [1.29, 1.82) is 0 Å². The van der Waals surface area contributed by atoms with Gasteiger partial charge in [-0.05, 0) is 12.8 Å². The van der Waals surface area contributed by atoms with Crippen LogP contribution in [0, 0.1) is 5.92 Å². The van der Waals surface area contributed by atoms with Crippen LogP contribution in [0.25, 0.3) is 0 Å². The van der Waals surface area contributed by atoms with Crippen molar-refractivity contribution < 1.29 is 23.8 Å². The Labute approximate surface area is 123 Å². The van der Waals surface area contributed by atoms with Crippen molar-refractivity contribution >= 4 is 17.6 Å². The summed E-state index contributed by atoms with van der Waals surface area (Å²) in [5, 5.41) is 2.78. The molecule has 0 radical (unpaired) electrons. The van der Waals surface area contributed by atoms with Gasteiger partial charge in [-0.3, -0.25) is 4.79 Å². The highest BCUT2D eigenvalue weighted by Crippen LogP contribution is 2.35. The third kappa shape index (κ3) is 3.09. The van der Waals surface area contributed by atoms with Gasteiger partial charge in [-0.25, -0.2) is 4.79 Å². The first-order chi connectivity index (χ1) is 10.1. The van der Waals surface area contributed by atoms with E-state index in [1.54, 1.807) is 6.07 Å². The molecule has 1 saturated carbocycles. The van der Waals surface area contributed by atoms with E-state index in [9.17, 15) is 9.59 Å². The van der Waals surface area contributed by atoms with Crippen molar-refractivity contribution in [2.24, 2.45) is 5.92 Å². The Balaban J connectivity index is 2.35. The van der Waals surface area contributed by atoms with Gasteiger partial charge in [0.2, 0.25) is 5.91 Å². The summed E-state index contributed by atoms with van der Waals surface area (Å²) in [6, 6.07) is 3.07. The van der Waals surface area contributed by atoms with Crippen molar-refractivity contribution in [2.75, 3.05) is 26.6 Å². The molecule has 1 aliphatic rings. The number of rotatable bonds is 5. The molecule has 1 aliphatic carbocycles. The fourth-order valence-corrected chi connectivity index (χ4v) is 2.17. The maximum Gasteiger partial charge on any atom is 0.340 e. The summed E-state index contributed by atoms with van der Waals surface area (Å²) in [6.45, 7) is 0. The molecule has 0 unspecified atom stereocenters. The van der Waals surface area contributed by atoms with Gasteiger partial charge in [0.15, 0.2) is 11.5 Å². The van der Waals surface area contributed by atoms with E-state index in [1.165, 1.54) is 27.4 Å². The number of nitrogens with one attached hydrogen (secondary N) is 1. The van der Waals surface area contributed by atoms with Gasteiger partial charge in [0.05, 0.1) is 32.6 Å². The van der Waals surface area contributed by atoms with Crippen LogP contribution in [0.1, 0.15) is 29.6 Å². The zero-order valence-corrected chi connectivity index (χ0v) is 12.4. The first kappa shape index (κ1) is 15.2. The number of carbonyl (C=O) groups excluding carboxylic acids is 2. The van der Waals surface area contributed by atoms with E-state index < -0.39 is 5.97 Å². The zero-order chi connectivity index (χ0) is 15.4. The number of anilines is 1. The number of esters is 1. The standard InChI is InChI=1S/C15H19NO5/c1-19-12-7-10(15(18)21-3)11(8-13(12)20-2)16-14(17)9-5-4-6-9/h7-9H,4-6H2,1-3H3,(H,16,17). The molecule has 1 fully saturated rings. The molecule has 0 saturated heterocycles. The lowest BCUT2D eigenvalue weighted by molar-refractivity contribution is -0.122. The molecule has 21 heavy (non-hydrogen) atoms. The minimum atomic E-state index is -0.542. The van der Waals surface area contributed by atoms with Gasteiger partial charge >= 0.3 is 5.97 Å². The van der Waals surface area contributed by atoms with Gasteiger partial charge in [0, 0.05) is 18.1 Å². The fourth-order valence-electron chi connectivity index (χ4n) is 2.17. The lowest BCUT2D eigenvalue weighted by atomic mass is 9.85. The molecule has 0 spiro atoms. The Morgan fingerprint density at radius 1 is 1.10 bits per heavy atom. The van der Waals surface area contributed by atoms with E-state index in [2.05, 4.69) is 5.32 Å². The van der Waals surface area contributed by atoms with Gasteiger partial charge in [0.25, 0.3) is 0 Å². The minimum Gasteiger partial charge on any atom is -0.493 e. The Morgan fingerprint density at radius 3 is 2.19 bits per heavy atom. The smallest absolute Gasteiger partial charge is 0.340 e. The fraction of sp³-hybridized carbons (Fsp3) is 0.467. The first-order valence-corrected chi connectivity index (χ1v) is 6.76. The summed E-state index contributed by atoms with van der Waals surface area (Å²) >= 11 is 0. The van der Waals surface area contributed by atoms with Gasteiger partial charge < -0.3 is 19.5 Å². The first-order valence-electron chi connectivity index (χ1n) is 6.76. The van der Waals surface area contributed by atoms with Gasteiger partial charge in [0.1, 0.15) is 0 Å². The van der Waals surface area contributed by atoms with Gasteiger partial charge in [-0.15, -0.1) is 0 Å². The van der Waals surface area contributed by atoms with Crippen molar-refractivity contribution in [3.63, 3.8) is 0 Å². The van der Waals surface area contributed by atoms with E-state index >= 15 is 0 Å². The molecule has 0 atom stereocenters. The molecule has 6 nitrogen and oxygen atoms in total. The number of carbonyl (C=O) groups is 2. The Bertz CT molecular complexity index is 551. The molecule has 1 N–H and O–H groups in total. The summed E-state index contributed by atoms with van der Waals surface area (Å²) in [7, 11) is 4.26. The van der Waals surface area contributed by atoms with Crippen LogP contribution in [0.3, 0.4) is 0 Å². The van der Waals surface area contributed by atoms with Crippen molar-refractivity contribution in [3.05, 3.63) is 17.7 Å². The molecular weight excluding hydrogens is 274 g/mol. The number of methoxy groups -OCH3 is 3. The minimum absolute atomic E-state index is 0.0172. The Hall–Kier alpha value is -2.24. The molecule has 0 bridgehead atoms. The third-order valence-electron chi connectivity index (χ3n) is 3.66. The van der Waals surface area contributed by atoms with Crippen LogP contribution in [0.4, 0.5) is 5.69 Å². The number of amides is 1. The van der Waals surface area contributed by atoms with E-state index in [1.807, 2.05) is 0 Å². The van der Waals surface area contributed by atoms with Crippen LogP contribution in [-0.2, 0) is 9.53 Å². The summed E-state index contributed by atoms with van der Waals surface area (Å²) in [4.78, 5) is 23.9. The van der Waals surface area contributed by atoms with E-state index in [0.29, 0.717) is 17.2 Å². The quantitative estimate of drug-likeness (QED) is 0.843. The summed E-state index contributed by atoms with van der Waals surface area (Å²) in [5.41, 5.74) is 0.610. The molecule has 0 aliphatic heterocycles. The normalized spacial score (nSPS) is 14.0. The van der Waals surface area contributed by atoms with Crippen molar-refractivity contribution in [1.82, 2.24) is 0 Å². The second-order valence-corrected chi connectivity index (χ2v) is 4.86. The lowest BCUT2D eigenvalue weighted by Gasteiger charge is -2.24. The van der Waals surface area contributed by atoms with E-state index in [-0.39, 0.29) is 17.4 Å². The SMILES string of the molecule is COC(=O)c1cc(OC)c(OC)cc1NC(=O)C1CCC1. The molecule has 0 aromatic heterocycles. The number of hydrogen-bond acceptors (Lipinski definition) is 5. The van der Waals surface area contributed by atoms with Crippen molar-refractivity contribution in [3.8, 4) is 11.5 Å². The molecule has 114 valence electrons. The molecule has 1 aromatic carbocycles. The monoisotopic (exact) mass is 293 g/mol. The van der Waals surface area contributed by atoms with Crippen LogP contribution >= 0.6 is 0 Å². The van der Waals surface area contributed by atoms with E-state index in [0.717, 1.165) is 19.3 Å². The number of hydrogen-bond donors (Lipinski definition) is 1.